The molecule has 0 spiro atoms. The predicted octanol–water partition coefficient (Wildman–Crippen LogP) is 3.95. The average Bonchev–Trinajstić information content (AvgIpc) is 2.14. The van der Waals surface area contributed by atoms with Crippen molar-refractivity contribution in [1.82, 2.24) is 0 Å². The van der Waals surface area contributed by atoms with E-state index >= 15 is 0 Å². The van der Waals surface area contributed by atoms with Gasteiger partial charge in [0, 0.05) is 4.90 Å². The molecule has 0 nitrogen and oxygen atoms in total. The van der Waals surface area contributed by atoms with Crippen molar-refractivity contribution in [2.24, 2.45) is 5.92 Å². The van der Waals surface area contributed by atoms with E-state index in [4.69, 9.17) is 0 Å². The molecule has 0 saturated heterocycles. The summed E-state index contributed by atoms with van der Waals surface area (Å²) >= 11 is 4.32. The fraction of sp³-hybridized carbons (Fsp3) is 0.500. The molecule has 0 aliphatic carbocycles. The molecule has 0 bridgehead atoms. The Morgan fingerprint density at radius 1 is 1.38 bits per heavy atom. The molecule has 0 aliphatic heterocycles. The highest BCUT2D eigenvalue weighted by atomic mass is 32.1. The third-order valence-corrected chi connectivity index (χ3v) is 2.81. The molecule has 72 valence electrons. The number of hydrogen-bond acceptors (Lipinski definition) is 1. The van der Waals surface area contributed by atoms with Crippen LogP contribution in [0.4, 0.5) is 0 Å². The zero-order valence-electron chi connectivity index (χ0n) is 8.46. The summed E-state index contributed by atoms with van der Waals surface area (Å²) < 4.78 is 0. The lowest BCUT2D eigenvalue weighted by Crippen LogP contribution is -1.95. The molecule has 1 aromatic carbocycles. The lowest BCUT2D eigenvalue weighted by atomic mass is 9.99. The third-order valence-electron chi connectivity index (χ3n) is 2.53. The maximum Gasteiger partial charge on any atom is 0.00427 e. The molecular weight excluding hydrogens is 176 g/mol. The lowest BCUT2D eigenvalue weighted by molar-refractivity contribution is 0.516. The van der Waals surface area contributed by atoms with E-state index in [9.17, 15) is 0 Å². The van der Waals surface area contributed by atoms with Crippen LogP contribution in [0.1, 0.15) is 32.3 Å². The van der Waals surface area contributed by atoms with Crippen molar-refractivity contribution in [3.05, 3.63) is 29.8 Å². The fourth-order valence-corrected chi connectivity index (χ4v) is 1.58. The number of rotatable bonds is 4. The standard InChI is InChI=1S/C12H18S/c1-3-10(2)7-8-11-5-4-6-12(13)9-11/h4-6,9-10,13H,3,7-8H2,1-2H3/t10-/m1/s1. The fourth-order valence-electron chi connectivity index (χ4n) is 1.33. The molecule has 0 unspecified atom stereocenters. The molecule has 0 aromatic heterocycles. The molecule has 0 fully saturated rings. The van der Waals surface area contributed by atoms with Crippen LogP contribution in [0, 0.1) is 5.92 Å². The van der Waals surface area contributed by atoms with Gasteiger partial charge in [0.05, 0.1) is 0 Å². The SMILES string of the molecule is CC[C@@H](C)CCc1cccc(S)c1. The van der Waals surface area contributed by atoms with Gasteiger partial charge in [-0.15, -0.1) is 12.6 Å². The largest absolute Gasteiger partial charge is 0.143 e. The summed E-state index contributed by atoms with van der Waals surface area (Å²) in [6.07, 6.45) is 3.75. The van der Waals surface area contributed by atoms with Crippen LogP contribution in [0.3, 0.4) is 0 Å². The van der Waals surface area contributed by atoms with Crippen molar-refractivity contribution in [2.75, 3.05) is 0 Å². The summed E-state index contributed by atoms with van der Waals surface area (Å²) in [5, 5.41) is 0. The normalized spacial score (nSPS) is 12.8. The predicted molar refractivity (Wildman–Crippen MR) is 61.5 cm³/mol. The molecular formula is C12H18S. The average molecular weight is 194 g/mol. The van der Waals surface area contributed by atoms with Crippen molar-refractivity contribution in [3.8, 4) is 0 Å². The van der Waals surface area contributed by atoms with Crippen molar-refractivity contribution in [1.29, 1.82) is 0 Å². The van der Waals surface area contributed by atoms with Gasteiger partial charge in [0.2, 0.25) is 0 Å². The van der Waals surface area contributed by atoms with E-state index in [0.717, 1.165) is 10.8 Å². The molecule has 1 aromatic rings. The third kappa shape index (κ3) is 3.86. The Morgan fingerprint density at radius 3 is 2.77 bits per heavy atom. The van der Waals surface area contributed by atoms with Crippen LogP contribution < -0.4 is 0 Å². The van der Waals surface area contributed by atoms with Crippen LogP contribution in [0.2, 0.25) is 0 Å². The van der Waals surface area contributed by atoms with E-state index < -0.39 is 0 Å². The van der Waals surface area contributed by atoms with Gasteiger partial charge in [0.1, 0.15) is 0 Å². The number of hydrogen-bond donors (Lipinski definition) is 1. The van der Waals surface area contributed by atoms with E-state index in [1.165, 1.54) is 24.8 Å². The van der Waals surface area contributed by atoms with Crippen LogP contribution in [-0.2, 0) is 6.42 Å². The van der Waals surface area contributed by atoms with Gasteiger partial charge < -0.3 is 0 Å². The van der Waals surface area contributed by atoms with Crippen LogP contribution >= 0.6 is 12.6 Å². The Hall–Kier alpha value is -0.430. The van der Waals surface area contributed by atoms with E-state index in [-0.39, 0.29) is 0 Å². The highest BCUT2D eigenvalue weighted by molar-refractivity contribution is 7.80. The minimum atomic E-state index is 0.837. The summed E-state index contributed by atoms with van der Waals surface area (Å²) in [6.45, 7) is 4.56. The van der Waals surface area contributed by atoms with Gasteiger partial charge in [-0.3, -0.25) is 0 Å². The van der Waals surface area contributed by atoms with Crippen molar-refractivity contribution < 1.29 is 0 Å². The molecule has 0 N–H and O–H groups in total. The molecule has 0 radical (unpaired) electrons. The van der Waals surface area contributed by atoms with E-state index in [1.54, 1.807) is 0 Å². The van der Waals surface area contributed by atoms with E-state index in [1.807, 2.05) is 6.07 Å². The highest BCUT2D eigenvalue weighted by Crippen LogP contribution is 2.14. The Balaban J connectivity index is 2.45. The molecule has 1 heteroatoms. The quantitative estimate of drug-likeness (QED) is 0.689. The maximum absolute atomic E-state index is 4.32. The second-order valence-electron chi connectivity index (χ2n) is 3.72. The number of benzene rings is 1. The minimum Gasteiger partial charge on any atom is -0.143 e. The molecule has 0 saturated carbocycles. The summed E-state index contributed by atoms with van der Waals surface area (Å²) in [5.41, 5.74) is 1.41. The van der Waals surface area contributed by atoms with Gasteiger partial charge in [-0.1, -0.05) is 32.4 Å². The van der Waals surface area contributed by atoms with Crippen molar-refractivity contribution in [2.45, 2.75) is 38.0 Å². The van der Waals surface area contributed by atoms with Crippen LogP contribution in [0.5, 0.6) is 0 Å². The first-order valence-electron chi connectivity index (χ1n) is 5.00. The van der Waals surface area contributed by atoms with Crippen LogP contribution in [0.25, 0.3) is 0 Å². The monoisotopic (exact) mass is 194 g/mol. The van der Waals surface area contributed by atoms with Gasteiger partial charge in [-0.05, 0) is 36.5 Å². The topological polar surface area (TPSA) is 0 Å². The molecule has 0 amide bonds. The summed E-state index contributed by atoms with van der Waals surface area (Å²) in [5.74, 6) is 0.837. The molecule has 0 heterocycles. The van der Waals surface area contributed by atoms with Gasteiger partial charge in [0.15, 0.2) is 0 Å². The first-order chi connectivity index (χ1) is 6.22. The summed E-state index contributed by atoms with van der Waals surface area (Å²) in [4.78, 5) is 1.07. The van der Waals surface area contributed by atoms with Crippen molar-refractivity contribution in [3.63, 3.8) is 0 Å². The molecule has 1 atom stereocenters. The Labute approximate surface area is 86.8 Å². The van der Waals surface area contributed by atoms with E-state index in [0.29, 0.717) is 0 Å². The molecule has 0 aliphatic rings. The Kier molecular flexibility index (Phi) is 4.37. The first kappa shape index (κ1) is 10.6. The lowest BCUT2D eigenvalue weighted by Gasteiger charge is -2.07. The second kappa shape index (κ2) is 5.33. The van der Waals surface area contributed by atoms with Gasteiger partial charge >= 0.3 is 0 Å². The molecule has 13 heavy (non-hydrogen) atoms. The summed E-state index contributed by atoms with van der Waals surface area (Å²) in [7, 11) is 0. The zero-order valence-corrected chi connectivity index (χ0v) is 9.35. The second-order valence-corrected chi connectivity index (χ2v) is 4.24. The number of thiol groups is 1. The summed E-state index contributed by atoms with van der Waals surface area (Å²) in [6, 6.07) is 8.44. The minimum absolute atomic E-state index is 0.837. The first-order valence-corrected chi connectivity index (χ1v) is 5.45. The zero-order chi connectivity index (χ0) is 9.68. The Morgan fingerprint density at radius 2 is 2.15 bits per heavy atom. The van der Waals surface area contributed by atoms with Gasteiger partial charge in [-0.2, -0.15) is 0 Å². The van der Waals surface area contributed by atoms with Crippen LogP contribution in [-0.4, -0.2) is 0 Å². The van der Waals surface area contributed by atoms with Crippen molar-refractivity contribution >= 4 is 12.6 Å². The van der Waals surface area contributed by atoms with E-state index in [2.05, 4.69) is 44.7 Å². The maximum atomic E-state index is 4.32. The molecule has 1 rings (SSSR count). The van der Waals surface area contributed by atoms with Gasteiger partial charge in [0.25, 0.3) is 0 Å². The van der Waals surface area contributed by atoms with Crippen LogP contribution in [0.15, 0.2) is 29.2 Å². The smallest absolute Gasteiger partial charge is 0.00427 e. The highest BCUT2D eigenvalue weighted by Gasteiger charge is 1.99. The Bertz CT molecular complexity index is 255. The number of aryl methyl sites for hydroxylation is 1. The van der Waals surface area contributed by atoms with Gasteiger partial charge in [-0.25, -0.2) is 0 Å².